The lowest BCUT2D eigenvalue weighted by Gasteiger charge is -2.13. The summed E-state index contributed by atoms with van der Waals surface area (Å²) >= 11 is 1.77. The Morgan fingerprint density at radius 1 is 0.488 bits per heavy atom. The highest BCUT2D eigenvalue weighted by Crippen LogP contribution is 2.36. The number of rotatable bonds is 6. The molecule has 7 aromatic rings. The van der Waals surface area contributed by atoms with E-state index in [0.717, 1.165) is 56.2 Å². The summed E-state index contributed by atoms with van der Waals surface area (Å²) in [5.74, 6) is 0.711. The van der Waals surface area contributed by atoms with E-state index in [1.807, 2.05) is 24.3 Å². The third-order valence-corrected chi connectivity index (χ3v) is 8.47. The molecule has 196 valence electrons. The fourth-order valence-corrected chi connectivity index (χ4v) is 6.05. The molecule has 0 aliphatic rings. The molecule has 41 heavy (non-hydrogen) atoms. The first-order chi connectivity index (χ1) is 20.2. The first-order valence-electron chi connectivity index (χ1n) is 13.8. The summed E-state index contributed by atoms with van der Waals surface area (Å²) in [7, 11) is 0. The molecule has 5 aromatic carbocycles. The van der Waals surface area contributed by atoms with Crippen molar-refractivity contribution in [3.8, 4) is 56.2 Å². The number of thiazole rings is 1. The van der Waals surface area contributed by atoms with Crippen molar-refractivity contribution in [2.45, 2.75) is 13.3 Å². The molecule has 0 saturated heterocycles. The van der Waals surface area contributed by atoms with Crippen LogP contribution < -0.4 is 0 Å². The minimum Gasteiger partial charge on any atom is -0.241 e. The minimum atomic E-state index is 0.711. The van der Waals surface area contributed by atoms with Gasteiger partial charge in [0.15, 0.2) is 5.82 Å². The average Bonchev–Trinajstić information content (AvgIpc) is 3.48. The summed E-state index contributed by atoms with van der Waals surface area (Å²) in [6.07, 6.45) is 0.948. The van der Waals surface area contributed by atoms with Gasteiger partial charge in [0.1, 0.15) is 0 Å². The number of aromatic nitrogens is 3. The van der Waals surface area contributed by atoms with Gasteiger partial charge in [0.2, 0.25) is 0 Å². The van der Waals surface area contributed by atoms with E-state index in [9.17, 15) is 0 Å². The second-order valence-corrected chi connectivity index (χ2v) is 11.1. The fourth-order valence-electron chi connectivity index (χ4n) is 5.17. The number of benzene rings is 5. The molecule has 0 unspecified atom stereocenters. The Morgan fingerprint density at radius 3 is 1.80 bits per heavy atom. The maximum absolute atomic E-state index is 5.11. The summed E-state index contributed by atoms with van der Waals surface area (Å²) in [4.78, 5) is 15.0. The van der Waals surface area contributed by atoms with Gasteiger partial charge in [-0.2, -0.15) is 0 Å². The summed E-state index contributed by atoms with van der Waals surface area (Å²) < 4.78 is 1.22. The molecular formula is C37H27N3S. The molecule has 0 atom stereocenters. The van der Waals surface area contributed by atoms with Gasteiger partial charge in [-0.15, -0.1) is 11.3 Å². The minimum absolute atomic E-state index is 0.711. The first-order valence-corrected chi connectivity index (χ1v) is 14.7. The van der Waals surface area contributed by atoms with Crippen molar-refractivity contribution in [3.63, 3.8) is 0 Å². The highest BCUT2D eigenvalue weighted by atomic mass is 32.1. The molecular weight excluding hydrogens is 518 g/mol. The Balaban J connectivity index is 1.36. The zero-order valence-electron chi connectivity index (χ0n) is 22.7. The van der Waals surface area contributed by atoms with Gasteiger partial charge < -0.3 is 0 Å². The third kappa shape index (κ3) is 5.06. The van der Waals surface area contributed by atoms with Gasteiger partial charge in [-0.1, -0.05) is 122 Å². The average molecular weight is 546 g/mol. The Bertz CT molecular complexity index is 1960. The fraction of sp³-hybridized carbons (Fsp3) is 0.0541. The molecule has 0 saturated carbocycles. The summed E-state index contributed by atoms with van der Waals surface area (Å²) in [6, 6.07) is 46.5. The van der Waals surface area contributed by atoms with Gasteiger partial charge in [0, 0.05) is 16.7 Å². The summed E-state index contributed by atoms with van der Waals surface area (Å²) in [5, 5.41) is 1.16. The summed E-state index contributed by atoms with van der Waals surface area (Å²) in [6.45, 7) is 2.15. The predicted molar refractivity (Wildman–Crippen MR) is 172 cm³/mol. The molecule has 0 radical (unpaired) electrons. The second kappa shape index (κ2) is 10.9. The largest absolute Gasteiger partial charge is 0.241 e. The molecule has 4 heteroatoms. The van der Waals surface area contributed by atoms with Crippen LogP contribution >= 0.6 is 11.3 Å². The lowest BCUT2D eigenvalue weighted by atomic mass is 9.96. The number of nitrogens with zero attached hydrogens (tertiary/aromatic N) is 3. The Labute approximate surface area is 243 Å². The second-order valence-electron chi connectivity index (χ2n) is 9.96. The van der Waals surface area contributed by atoms with Crippen LogP contribution in [0.5, 0.6) is 0 Å². The molecule has 2 heterocycles. The normalized spacial score (nSPS) is 11.1. The zero-order chi connectivity index (χ0) is 27.6. The van der Waals surface area contributed by atoms with Crippen molar-refractivity contribution in [2.24, 2.45) is 0 Å². The van der Waals surface area contributed by atoms with Gasteiger partial charge in [-0.25, -0.2) is 15.0 Å². The van der Waals surface area contributed by atoms with Crippen LogP contribution in [0.3, 0.4) is 0 Å². The maximum atomic E-state index is 5.11. The van der Waals surface area contributed by atoms with Gasteiger partial charge in [-0.05, 0) is 46.9 Å². The molecule has 0 N–H and O–H groups in total. The zero-order valence-corrected chi connectivity index (χ0v) is 23.5. The van der Waals surface area contributed by atoms with Crippen LogP contribution in [0.2, 0.25) is 0 Å². The van der Waals surface area contributed by atoms with Crippen molar-refractivity contribution in [1.29, 1.82) is 0 Å². The van der Waals surface area contributed by atoms with Crippen molar-refractivity contribution in [2.75, 3.05) is 0 Å². The van der Waals surface area contributed by atoms with Gasteiger partial charge >= 0.3 is 0 Å². The Morgan fingerprint density at radius 2 is 1.07 bits per heavy atom. The van der Waals surface area contributed by atoms with Crippen molar-refractivity contribution >= 4 is 21.6 Å². The van der Waals surface area contributed by atoms with Crippen LogP contribution in [0.4, 0.5) is 0 Å². The molecule has 0 amide bonds. The van der Waals surface area contributed by atoms with E-state index in [2.05, 4.69) is 116 Å². The van der Waals surface area contributed by atoms with E-state index < -0.39 is 0 Å². The van der Waals surface area contributed by atoms with Crippen LogP contribution in [0.25, 0.3) is 66.4 Å². The number of fused-ring (bicyclic) bond motifs is 1. The van der Waals surface area contributed by atoms with E-state index in [-0.39, 0.29) is 0 Å². The van der Waals surface area contributed by atoms with Gasteiger partial charge in [-0.3, -0.25) is 0 Å². The van der Waals surface area contributed by atoms with Crippen molar-refractivity contribution < 1.29 is 0 Å². The lowest BCUT2D eigenvalue weighted by Crippen LogP contribution is -1.97. The van der Waals surface area contributed by atoms with Gasteiger partial charge in [0.25, 0.3) is 0 Å². The predicted octanol–water partition coefficient (Wildman–Crippen LogP) is 9.98. The Kier molecular flexibility index (Phi) is 6.67. The third-order valence-electron chi connectivity index (χ3n) is 7.29. The molecule has 0 bridgehead atoms. The van der Waals surface area contributed by atoms with Crippen molar-refractivity contribution in [3.05, 3.63) is 138 Å². The van der Waals surface area contributed by atoms with E-state index in [4.69, 9.17) is 15.0 Å². The number of hydrogen-bond donors (Lipinski definition) is 0. The maximum Gasteiger partial charge on any atom is 0.160 e. The van der Waals surface area contributed by atoms with E-state index >= 15 is 0 Å². The Hall–Kier alpha value is -4.93. The van der Waals surface area contributed by atoms with Crippen LogP contribution in [-0.4, -0.2) is 15.0 Å². The SMILES string of the molecule is CCc1nc2cc(-c3ccccc3-c3cc(-c4ccc(-c5ccccc5)cc4)nc(-c4ccccc4)n3)ccc2s1. The van der Waals surface area contributed by atoms with E-state index in [1.54, 1.807) is 11.3 Å². The van der Waals surface area contributed by atoms with Crippen LogP contribution in [0.1, 0.15) is 11.9 Å². The molecule has 3 nitrogen and oxygen atoms in total. The molecule has 2 aromatic heterocycles. The monoisotopic (exact) mass is 545 g/mol. The highest BCUT2D eigenvalue weighted by molar-refractivity contribution is 7.18. The molecule has 0 spiro atoms. The lowest BCUT2D eigenvalue weighted by molar-refractivity contribution is 1.11. The van der Waals surface area contributed by atoms with Crippen molar-refractivity contribution in [1.82, 2.24) is 15.0 Å². The van der Waals surface area contributed by atoms with Crippen LogP contribution in [0.15, 0.2) is 133 Å². The molecule has 7 rings (SSSR count). The quantitative estimate of drug-likeness (QED) is 0.209. The van der Waals surface area contributed by atoms with Gasteiger partial charge in [0.05, 0.1) is 26.6 Å². The highest BCUT2D eigenvalue weighted by Gasteiger charge is 2.15. The standard InChI is InChI=1S/C37H27N3S/c1-2-36-38-34-23-29(21-22-35(34)41-36)30-15-9-10-16-31(30)33-24-32(39-37(40-33)28-13-7-4-8-14-28)27-19-17-26(18-20-27)25-11-5-3-6-12-25/h3-24H,2H2,1H3. The smallest absolute Gasteiger partial charge is 0.160 e. The number of aryl methyl sites for hydroxylation is 1. The molecule has 0 aliphatic carbocycles. The van der Waals surface area contributed by atoms with E-state index in [1.165, 1.54) is 15.8 Å². The molecule has 0 fully saturated rings. The summed E-state index contributed by atoms with van der Waals surface area (Å²) in [5.41, 5.74) is 10.6. The number of hydrogen-bond acceptors (Lipinski definition) is 4. The van der Waals surface area contributed by atoms with E-state index in [0.29, 0.717) is 5.82 Å². The molecule has 0 aliphatic heterocycles. The van der Waals surface area contributed by atoms with Crippen LogP contribution in [-0.2, 0) is 6.42 Å². The van der Waals surface area contributed by atoms with Crippen LogP contribution in [0, 0.1) is 0 Å². The topological polar surface area (TPSA) is 38.7 Å². The first kappa shape index (κ1) is 25.1.